The lowest BCUT2D eigenvalue weighted by Gasteiger charge is -2.41. The number of likely N-dealkylation sites (tertiary alicyclic amines) is 1. The van der Waals surface area contributed by atoms with Crippen LogP contribution >= 0.6 is 11.3 Å². The minimum Gasteiger partial charge on any atom is -0.406 e. The number of aliphatic imine (C=N–C) groups is 1. The van der Waals surface area contributed by atoms with Crippen molar-refractivity contribution in [3.05, 3.63) is 124 Å². The van der Waals surface area contributed by atoms with Crippen molar-refractivity contribution in [1.82, 2.24) is 10.2 Å². The number of rotatable bonds is 12. The SMILES string of the molecule is CC1CC(c2ccccc2C(=O)N=C=O)N([C@@H](Cc2ccccc2)[C@H](O)CNCc2cccc(OC(F)(F)F)c2)C1c1cccs1. The van der Waals surface area contributed by atoms with Gasteiger partial charge >= 0.3 is 6.36 Å². The molecule has 3 unspecified atom stereocenters. The highest BCUT2D eigenvalue weighted by Crippen LogP contribution is 2.51. The largest absolute Gasteiger partial charge is 0.573 e. The molecule has 0 bridgehead atoms. The zero-order valence-electron chi connectivity index (χ0n) is 25.1. The Morgan fingerprint density at radius 3 is 2.52 bits per heavy atom. The van der Waals surface area contributed by atoms with E-state index in [1.165, 1.54) is 24.3 Å². The van der Waals surface area contributed by atoms with Crippen LogP contribution in [0.1, 0.15) is 57.4 Å². The number of nitrogens with one attached hydrogen (secondary N) is 1. The lowest BCUT2D eigenvalue weighted by atomic mass is 9.93. The fourth-order valence-electron chi connectivity index (χ4n) is 6.44. The monoisotopic (exact) mass is 649 g/mol. The van der Waals surface area contributed by atoms with Crippen LogP contribution in [0.5, 0.6) is 5.75 Å². The zero-order valence-corrected chi connectivity index (χ0v) is 25.9. The van der Waals surface area contributed by atoms with Gasteiger partial charge in [-0.3, -0.25) is 9.69 Å². The highest BCUT2D eigenvalue weighted by atomic mass is 32.1. The smallest absolute Gasteiger partial charge is 0.406 e. The van der Waals surface area contributed by atoms with Crippen LogP contribution in [0.4, 0.5) is 13.2 Å². The molecule has 4 aromatic rings. The first kappa shape index (κ1) is 33.2. The minimum absolute atomic E-state index is 0.0812. The number of aliphatic hydroxyl groups excluding tert-OH is 1. The van der Waals surface area contributed by atoms with E-state index >= 15 is 0 Å². The number of hydrogen-bond acceptors (Lipinski definition) is 7. The Morgan fingerprint density at radius 1 is 1.07 bits per heavy atom. The van der Waals surface area contributed by atoms with E-state index < -0.39 is 24.4 Å². The molecule has 7 nitrogen and oxygen atoms in total. The van der Waals surface area contributed by atoms with Gasteiger partial charge in [-0.15, -0.1) is 29.5 Å². The number of hydrogen-bond donors (Lipinski definition) is 2. The van der Waals surface area contributed by atoms with Gasteiger partial charge in [0.2, 0.25) is 6.08 Å². The molecule has 3 aromatic carbocycles. The number of thiophene rings is 1. The topological polar surface area (TPSA) is 91.2 Å². The van der Waals surface area contributed by atoms with Gasteiger partial charge in [-0.05, 0) is 65.1 Å². The van der Waals surface area contributed by atoms with Crippen LogP contribution in [-0.4, -0.2) is 47.0 Å². The number of carbonyl (C=O) groups is 1. The predicted octanol–water partition coefficient (Wildman–Crippen LogP) is 7.01. The highest BCUT2D eigenvalue weighted by Gasteiger charge is 2.47. The summed E-state index contributed by atoms with van der Waals surface area (Å²) in [4.78, 5) is 30.7. The van der Waals surface area contributed by atoms with Gasteiger partial charge in [-0.25, -0.2) is 4.79 Å². The molecule has 240 valence electrons. The van der Waals surface area contributed by atoms with Crippen molar-refractivity contribution in [3.8, 4) is 5.75 Å². The standard InChI is InChI=1S/C35H34F3N3O4S/c1-23-17-29(27-13-5-6-14-28(27)34(44)40-22-42)41(33(23)32-15-8-16-46-32)30(19-24-9-3-2-4-10-24)31(43)21-39-20-25-11-7-12-26(18-25)45-35(36,37)38/h2-16,18,23,29-31,33,39,43H,17,19-21H2,1H3/t23?,29?,30-,31+,33?/m0/s1. The zero-order chi connectivity index (χ0) is 32.7. The summed E-state index contributed by atoms with van der Waals surface area (Å²) >= 11 is 1.63. The van der Waals surface area contributed by atoms with Crippen LogP contribution in [-0.2, 0) is 17.8 Å². The normalized spacial score (nSPS) is 19.7. The number of isocyanates is 1. The van der Waals surface area contributed by atoms with Crippen molar-refractivity contribution < 1.29 is 32.6 Å². The van der Waals surface area contributed by atoms with E-state index in [-0.39, 0.29) is 36.8 Å². The molecular weight excluding hydrogens is 615 g/mol. The summed E-state index contributed by atoms with van der Waals surface area (Å²) in [5, 5.41) is 17.2. The predicted molar refractivity (Wildman–Crippen MR) is 169 cm³/mol. The third kappa shape index (κ3) is 8.17. The summed E-state index contributed by atoms with van der Waals surface area (Å²) in [5.41, 5.74) is 2.62. The van der Waals surface area contributed by atoms with E-state index in [4.69, 9.17) is 0 Å². The number of aliphatic hydroxyl groups is 1. The van der Waals surface area contributed by atoms with Crippen LogP contribution < -0.4 is 10.1 Å². The van der Waals surface area contributed by atoms with Crippen LogP contribution in [0.3, 0.4) is 0 Å². The van der Waals surface area contributed by atoms with E-state index in [0.717, 1.165) is 16.0 Å². The molecule has 5 atom stereocenters. The maximum atomic E-state index is 12.9. The molecule has 1 saturated heterocycles. The second kappa shape index (κ2) is 15.0. The molecule has 0 radical (unpaired) electrons. The lowest BCUT2D eigenvalue weighted by molar-refractivity contribution is -0.274. The van der Waals surface area contributed by atoms with E-state index in [1.807, 2.05) is 53.9 Å². The summed E-state index contributed by atoms with van der Waals surface area (Å²) in [7, 11) is 0. The Labute approximate surface area is 269 Å². The van der Waals surface area contributed by atoms with Gasteiger partial charge in [-0.2, -0.15) is 0 Å². The van der Waals surface area contributed by atoms with Crippen molar-refractivity contribution in [2.45, 2.75) is 56.9 Å². The summed E-state index contributed by atoms with van der Waals surface area (Å²) < 4.78 is 42.3. The second-order valence-corrected chi connectivity index (χ2v) is 12.4. The molecule has 0 aliphatic carbocycles. The van der Waals surface area contributed by atoms with Crippen molar-refractivity contribution >= 4 is 23.3 Å². The number of alkyl halides is 3. The minimum atomic E-state index is -4.79. The molecule has 2 heterocycles. The molecule has 0 saturated carbocycles. The number of benzene rings is 3. The number of nitrogens with zero attached hydrogens (tertiary/aromatic N) is 2. The average Bonchev–Trinajstić information content (AvgIpc) is 3.67. The third-order valence-electron chi connectivity index (χ3n) is 8.28. The van der Waals surface area contributed by atoms with Gasteiger partial charge in [-0.1, -0.05) is 73.7 Å². The Bertz CT molecular complexity index is 1640. The summed E-state index contributed by atoms with van der Waals surface area (Å²) in [5.74, 6) is -0.832. The number of halogens is 3. The summed E-state index contributed by atoms with van der Waals surface area (Å²) in [6.07, 6.45) is -3.17. The Morgan fingerprint density at radius 2 is 1.80 bits per heavy atom. The average molecular weight is 650 g/mol. The fourth-order valence-corrected chi connectivity index (χ4v) is 7.40. The molecule has 1 aromatic heterocycles. The molecule has 1 aliphatic rings. The van der Waals surface area contributed by atoms with E-state index in [9.17, 15) is 27.9 Å². The van der Waals surface area contributed by atoms with Gasteiger partial charge in [0.05, 0.1) is 6.10 Å². The molecular formula is C35H34F3N3O4S. The van der Waals surface area contributed by atoms with E-state index in [2.05, 4.69) is 32.9 Å². The Kier molecular flexibility index (Phi) is 10.8. The van der Waals surface area contributed by atoms with Crippen LogP contribution in [0.25, 0.3) is 0 Å². The quantitative estimate of drug-likeness (QED) is 0.127. The fraction of sp³-hybridized carbons (Fsp3) is 0.314. The maximum absolute atomic E-state index is 12.9. The first-order valence-electron chi connectivity index (χ1n) is 14.9. The van der Waals surface area contributed by atoms with Crippen molar-refractivity contribution in [2.24, 2.45) is 10.9 Å². The molecule has 1 aliphatic heterocycles. The number of amides is 1. The van der Waals surface area contributed by atoms with Gasteiger partial charge < -0.3 is 15.2 Å². The molecule has 1 amide bonds. The Balaban J connectivity index is 1.48. The van der Waals surface area contributed by atoms with Gasteiger partial charge in [0.15, 0.2) is 0 Å². The van der Waals surface area contributed by atoms with Crippen LogP contribution in [0.15, 0.2) is 101 Å². The van der Waals surface area contributed by atoms with Gasteiger partial charge in [0.25, 0.3) is 5.91 Å². The highest BCUT2D eigenvalue weighted by molar-refractivity contribution is 7.10. The molecule has 11 heteroatoms. The summed E-state index contributed by atoms with van der Waals surface area (Å²) in [6, 6.07) is 25.9. The second-order valence-electron chi connectivity index (χ2n) is 11.4. The summed E-state index contributed by atoms with van der Waals surface area (Å²) in [6.45, 7) is 2.51. The van der Waals surface area contributed by atoms with Crippen molar-refractivity contribution in [2.75, 3.05) is 6.54 Å². The third-order valence-corrected chi connectivity index (χ3v) is 9.22. The molecule has 46 heavy (non-hydrogen) atoms. The van der Waals surface area contributed by atoms with Gasteiger partial charge in [0.1, 0.15) is 5.75 Å². The van der Waals surface area contributed by atoms with Crippen molar-refractivity contribution in [3.63, 3.8) is 0 Å². The van der Waals surface area contributed by atoms with Gasteiger partial charge in [0, 0.05) is 41.7 Å². The molecule has 5 rings (SSSR count). The van der Waals surface area contributed by atoms with E-state index in [1.54, 1.807) is 29.5 Å². The first-order valence-corrected chi connectivity index (χ1v) is 15.8. The molecule has 2 N–H and O–H groups in total. The van der Waals surface area contributed by atoms with Crippen molar-refractivity contribution in [1.29, 1.82) is 0 Å². The maximum Gasteiger partial charge on any atom is 0.573 e. The molecule has 0 spiro atoms. The first-order chi connectivity index (χ1) is 22.1. The van der Waals surface area contributed by atoms with Crippen LogP contribution in [0, 0.1) is 5.92 Å². The van der Waals surface area contributed by atoms with Crippen LogP contribution in [0.2, 0.25) is 0 Å². The molecule has 1 fully saturated rings. The van der Waals surface area contributed by atoms with E-state index in [0.29, 0.717) is 24.0 Å². The lowest BCUT2D eigenvalue weighted by Crippen LogP contribution is -2.49. The number of ether oxygens (including phenoxy) is 1. The Hall–Kier alpha value is -4.12. The number of carbonyl (C=O) groups excluding carboxylic acids is 2.